The van der Waals surface area contributed by atoms with Crippen molar-refractivity contribution in [1.29, 1.82) is 0 Å². The molecule has 0 heterocycles. The van der Waals surface area contributed by atoms with Crippen molar-refractivity contribution in [3.05, 3.63) is 28.8 Å². The summed E-state index contributed by atoms with van der Waals surface area (Å²) in [4.78, 5) is 11.8. The minimum absolute atomic E-state index is 0.206. The number of amides is 1. The zero-order valence-electron chi connectivity index (χ0n) is 9.50. The summed E-state index contributed by atoms with van der Waals surface area (Å²) >= 11 is 5.94. The summed E-state index contributed by atoms with van der Waals surface area (Å²) in [5.41, 5.74) is 6.43. The molecule has 0 aliphatic carbocycles. The largest absolute Gasteiger partial charge is 0.398 e. The number of nitrogens with two attached hydrogens (primary N) is 1. The van der Waals surface area contributed by atoms with Gasteiger partial charge < -0.3 is 11.1 Å². The van der Waals surface area contributed by atoms with Gasteiger partial charge in [-0.05, 0) is 25.0 Å². The Morgan fingerprint density at radius 1 is 1.47 bits per heavy atom. The Hall–Kier alpha value is -1.66. The van der Waals surface area contributed by atoms with Crippen LogP contribution in [0.15, 0.2) is 18.2 Å². The molecule has 0 spiro atoms. The molecule has 0 aliphatic heterocycles. The lowest BCUT2D eigenvalue weighted by atomic mass is 10.2. The van der Waals surface area contributed by atoms with E-state index in [4.69, 9.17) is 23.8 Å². The minimum atomic E-state index is -0.206. The van der Waals surface area contributed by atoms with E-state index in [-0.39, 0.29) is 5.91 Å². The second-order valence-electron chi connectivity index (χ2n) is 3.63. The zero-order chi connectivity index (χ0) is 12.7. The molecule has 0 fully saturated rings. The number of nitrogens with one attached hydrogen (secondary N) is 1. The van der Waals surface area contributed by atoms with Crippen molar-refractivity contribution in [3.8, 4) is 12.3 Å². The summed E-state index contributed by atoms with van der Waals surface area (Å²) in [6, 6.07) is 5.01. The third-order valence-corrected chi connectivity index (χ3v) is 2.73. The molecular weight excluding hydrogens is 236 g/mol. The second-order valence-corrected chi connectivity index (χ2v) is 4.00. The van der Waals surface area contributed by atoms with Crippen LogP contribution in [-0.2, 0) is 0 Å². The van der Waals surface area contributed by atoms with Crippen LogP contribution in [-0.4, -0.2) is 12.5 Å². The van der Waals surface area contributed by atoms with Gasteiger partial charge >= 0.3 is 0 Å². The topological polar surface area (TPSA) is 55.1 Å². The monoisotopic (exact) mass is 250 g/mol. The van der Waals surface area contributed by atoms with Crippen molar-refractivity contribution in [3.63, 3.8) is 0 Å². The van der Waals surface area contributed by atoms with Gasteiger partial charge in [0.1, 0.15) is 0 Å². The highest BCUT2D eigenvalue weighted by atomic mass is 35.5. The van der Waals surface area contributed by atoms with Crippen LogP contribution >= 0.6 is 11.6 Å². The average molecular weight is 251 g/mol. The third-order valence-electron chi connectivity index (χ3n) is 2.31. The van der Waals surface area contributed by atoms with E-state index >= 15 is 0 Å². The van der Waals surface area contributed by atoms with Crippen molar-refractivity contribution < 1.29 is 4.79 Å². The Morgan fingerprint density at radius 2 is 2.24 bits per heavy atom. The molecule has 0 unspecified atom stereocenters. The molecule has 90 valence electrons. The van der Waals surface area contributed by atoms with E-state index < -0.39 is 0 Å². The molecular formula is C13H15ClN2O. The summed E-state index contributed by atoms with van der Waals surface area (Å²) in [5.74, 6) is 2.35. The van der Waals surface area contributed by atoms with Gasteiger partial charge in [-0.1, -0.05) is 17.7 Å². The number of halogens is 1. The molecule has 0 aliphatic rings. The number of hydrogen-bond acceptors (Lipinski definition) is 2. The summed E-state index contributed by atoms with van der Waals surface area (Å²) < 4.78 is 0. The van der Waals surface area contributed by atoms with Crippen LogP contribution in [0.3, 0.4) is 0 Å². The number of anilines is 1. The molecule has 1 aromatic rings. The molecule has 3 N–H and O–H groups in total. The predicted molar refractivity (Wildman–Crippen MR) is 70.9 cm³/mol. The number of benzene rings is 1. The molecule has 0 atom stereocenters. The Balaban J connectivity index is 2.48. The Kier molecular flexibility index (Phi) is 5.38. The quantitative estimate of drug-likeness (QED) is 0.479. The number of carbonyl (C=O) groups is 1. The van der Waals surface area contributed by atoms with Crippen LogP contribution in [0.2, 0.25) is 5.02 Å². The standard InChI is InChI=1S/C13H15ClN2O/c1-2-3-4-5-9-16-13(17)10-7-6-8-11(15)12(10)14/h1,6-8H,3-5,9,15H2,(H,16,17). The first-order chi connectivity index (χ1) is 8.16. The maximum absolute atomic E-state index is 11.8. The lowest BCUT2D eigenvalue weighted by molar-refractivity contribution is 0.0953. The van der Waals surface area contributed by atoms with E-state index in [1.54, 1.807) is 18.2 Å². The normalized spacial score (nSPS) is 9.65. The van der Waals surface area contributed by atoms with Gasteiger partial charge in [0, 0.05) is 13.0 Å². The van der Waals surface area contributed by atoms with Gasteiger partial charge in [0.05, 0.1) is 16.3 Å². The Labute approximate surface area is 106 Å². The highest BCUT2D eigenvalue weighted by molar-refractivity contribution is 6.36. The van der Waals surface area contributed by atoms with E-state index in [0.717, 1.165) is 19.3 Å². The zero-order valence-corrected chi connectivity index (χ0v) is 10.3. The van der Waals surface area contributed by atoms with Gasteiger partial charge in [0.15, 0.2) is 0 Å². The van der Waals surface area contributed by atoms with Gasteiger partial charge in [-0.25, -0.2) is 0 Å². The molecule has 0 saturated carbocycles. The molecule has 4 heteroatoms. The molecule has 1 rings (SSSR count). The van der Waals surface area contributed by atoms with E-state index in [2.05, 4.69) is 11.2 Å². The van der Waals surface area contributed by atoms with Crippen molar-refractivity contribution in [2.24, 2.45) is 0 Å². The van der Waals surface area contributed by atoms with Crippen LogP contribution in [0, 0.1) is 12.3 Å². The molecule has 17 heavy (non-hydrogen) atoms. The summed E-state index contributed by atoms with van der Waals surface area (Å²) in [7, 11) is 0. The number of unbranched alkanes of at least 4 members (excludes halogenated alkanes) is 2. The Morgan fingerprint density at radius 3 is 2.94 bits per heavy atom. The first-order valence-electron chi connectivity index (χ1n) is 5.42. The fourth-order valence-electron chi connectivity index (χ4n) is 1.37. The smallest absolute Gasteiger partial charge is 0.252 e. The lowest BCUT2D eigenvalue weighted by Crippen LogP contribution is -2.24. The highest BCUT2D eigenvalue weighted by Crippen LogP contribution is 2.22. The predicted octanol–water partition coefficient (Wildman–Crippen LogP) is 2.46. The van der Waals surface area contributed by atoms with Crippen LogP contribution in [0.1, 0.15) is 29.6 Å². The van der Waals surface area contributed by atoms with Crippen LogP contribution in [0.25, 0.3) is 0 Å². The fourth-order valence-corrected chi connectivity index (χ4v) is 1.59. The van der Waals surface area contributed by atoms with Crippen LogP contribution < -0.4 is 11.1 Å². The summed E-state index contributed by atoms with van der Waals surface area (Å²) in [5, 5.41) is 3.08. The molecule has 1 aromatic carbocycles. The number of rotatable bonds is 5. The summed E-state index contributed by atoms with van der Waals surface area (Å²) in [6.07, 6.45) is 7.62. The first-order valence-corrected chi connectivity index (χ1v) is 5.80. The van der Waals surface area contributed by atoms with Crippen LogP contribution in [0.5, 0.6) is 0 Å². The van der Waals surface area contributed by atoms with Crippen molar-refractivity contribution in [2.75, 3.05) is 12.3 Å². The summed E-state index contributed by atoms with van der Waals surface area (Å²) in [6.45, 7) is 0.589. The molecule has 3 nitrogen and oxygen atoms in total. The molecule has 1 amide bonds. The maximum atomic E-state index is 11.8. The molecule has 0 radical (unpaired) electrons. The number of nitrogen functional groups attached to an aromatic ring is 1. The lowest BCUT2D eigenvalue weighted by Gasteiger charge is -2.07. The maximum Gasteiger partial charge on any atom is 0.252 e. The molecule has 0 saturated heterocycles. The first kappa shape index (κ1) is 13.4. The number of hydrogen-bond donors (Lipinski definition) is 2. The SMILES string of the molecule is C#CCCCCNC(=O)c1cccc(N)c1Cl. The van der Waals surface area contributed by atoms with Gasteiger partial charge in [0.2, 0.25) is 0 Å². The van der Waals surface area contributed by atoms with Gasteiger partial charge in [-0.2, -0.15) is 0 Å². The van der Waals surface area contributed by atoms with Crippen molar-refractivity contribution in [2.45, 2.75) is 19.3 Å². The number of terminal acetylenes is 1. The van der Waals surface area contributed by atoms with Crippen molar-refractivity contribution >= 4 is 23.2 Å². The van der Waals surface area contributed by atoms with E-state index in [0.29, 0.717) is 22.8 Å². The minimum Gasteiger partial charge on any atom is -0.398 e. The van der Waals surface area contributed by atoms with Crippen molar-refractivity contribution in [1.82, 2.24) is 5.32 Å². The Bertz CT molecular complexity index is 438. The average Bonchev–Trinajstić information content (AvgIpc) is 2.32. The third kappa shape index (κ3) is 4.01. The second kappa shape index (κ2) is 6.82. The van der Waals surface area contributed by atoms with Gasteiger partial charge in [-0.3, -0.25) is 4.79 Å². The highest BCUT2D eigenvalue weighted by Gasteiger charge is 2.10. The molecule has 0 aromatic heterocycles. The van der Waals surface area contributed by atoms with Gasteiger partial charge in [0.25, 0.3) is 5.91 Å². The van der Waals surface area contributed by atoms with E-state index in [1.165, 1.54) is 0 Å². The fraction of sp³-hybridized carbons (Fsp3) is 0.308. The number of carbonyl (C=O) groups excluding carboxylic acids is 1. The van der Waals surface area contributed by atoms with E-state index in [1.807, 2.05) is 0 Å². The van der Waals surface area contributed by atoms with Crippen LogP contribution in [0.4, 0.5) is 5.69 Å². The van der Waals surface area contributed by atoms with Gasteiger partial charge in [-0.15, -0.1) is 12.3 Å². The van der Waals surface area contributed by atoms with E-state index in [9.17, 15) is 4.79 Å². The molecule has 0 bridgehead atoms.